The predicted octanol–water partition coefficient (Wildman–Crippen LogP) is 2.51. The van der Waals surface area contributed by atoms with Crippen LogP contribution in [0.3, 0.4) is 0 Å². The van der Waals surface area contributed by atoms with Gasteiger partial charge in [-0.05, 0) is 31.3 Å². The minimum atomic E-state index is 0.750. The lowest BCUT2D eigenvalue weighted by molar-refractivity contribution is 0.173. The smallest absolute Gasteiger partial charge is 0.173 e. The summed E-state index contributed by atoms with van der Waals surface area (Å²) in [4.78, 5) is 4.56. The zero-order valence-electron chi connectivity index (χ0n) is 14.0. The molecular weight excluding hydrogens is 324 g/mol. The van der Waals surface area contributed by atoms with Gasteiger partial charge < -0.3 is 19.5 Å². The van der Waals surface area contributed by atoms with Crippen molar-refractivity contribution >= 4 is 23.0 Å². The number of nitrogens with one attached hydrogen (secondary N) is 1. The summed E-state index contributed by atoms with van der Waals surface area (Å²) in [5.41, 5.74) is 1.93. The Balaban J connectivity index is 1.49. The lowest BCUT2D eigenvalue weighted by Gasteiger charge is -2.35. The van der Waals surface area contributed by atoms with E-state index in [0.29, 0.717) is 0 Å². The van der Waals surface area contributed by atoms with Crippen molar-refractivity contribution in [3.8, 4) is 5.75 Å². The Morgan fingerprint density at radius 1 is 1.29 bits per heavy atom. The molecule has 128 valence electrons. The van der Waals surface area contributed by atoms with Crippen molar-refractivity contribution < 1.29 is 9.26 Å². The highest BCUT2D eigenvalue weighted by Crippen LogP contribution is 2.17. The predicted molar refractivity (Wildman–Crippen MR) is 97.3 cm³/mol. The number of methoxy groups -OCH3 is 1. The highest BCUT2D eigenvalue weighted by molar-refractivity contribution is 7.80. The molecule has 0 radical (unpaired) electrons. The van der Waals surface area contributed by atoms with Crippen LogP contribution in [0, 0.1) is 6.92 Å². The number of ether oxygens (including phenoxy) is 1. The maximum Gasteiger partial charge on any atom is 0.173 e. The average molecular weight is 346 g/mol. The highest BCUT2D eigenvalue weighted by atomic mass is 32.1. The van der Waals surface area contributed by atoms with Crippen LogP contribution in [0.15, 0.2) is 34.9 Å². The number of piperazine rings is 1. The fraction of sp³-hybridized carbons (Fsp3) is 0.412. The van der Waals surface area contributed by atoms with Gasteiger partial charge in [0.15, 0.2) is 5.11 Å². The van der Waals surface area contributed by atoms with E-state index in [1.807, 2.05) is 37.3 Å². The summed E-state index contributed by atoms with van der Waals surface area (Å²) >= 11 is 5.54. The van der Waals surface area contributed by atoms with E-state index >= 15 is 0 Å². The monoisotopic (exact) mass is 346 g/mol. The summed E-state index contributed by atoms with van der Waals surface area (Å²) in [5.74, 6) is 1.67. The van der Waals surface area contributed by atoms with Gasteiger partial charge in [0.1, 0.15) is 11.5 Å². The molecule has 2 aromatic rings. The van der Waals surface area contributed by atoms with Crippen molar-refractivity contribution in [1.82, 2.24) is 15.0 Å². The maximum absolute atomic E-state index is 5.54. The van der Waals surface area contributed by atoms with Gasteiger partial charge in [-0.1, -0.05) is 11.2 Å². The summed E-state index contributed by atoms with van der Waals surface area (Å²) in [6.07, 6.45) is 0. The third kappa shape index (κ3) is 4.24. The second-order valence-corrected chi connectivity index (χ2v) is 6.24. The first-order valence-electron chi connectivity index (χ1n) is 7.98. The highest BCUT2D eigenvalue weighted by Gasteiger charge is 2.20. The van der Waals surface area contributed by atoms with E-state index in [1.54, 1.807) is 7.11 Å². The van der Waals surface area contributed by atoms with Gasteiger partial charge in [-0.2, -0.15) is 0 Å². The van der Waals surface area contributed by atoms with Crippen LogP contribution >= 0.6 is 12.2 Å². The second-order valence-electron chi connectivity index (χ2n) is 5.85. The summed E-state index contributed by atoms with van der Waals surface area (Å²) in [5, 5.41) is 8.09. The van der Waals surface area contributed by atoms with Crippen LogP contribution in [0.1, 0.15) is 11.5 Å². The molecule has 1 N–H and O–H groups in total. The van der Waals surface area contributed by atoms with Gasteiger partial charge in [0, 0.05) is 50.5 Å². The molecule has 0 aliphatic carbocycles. The number of aromatic nitrogens is 1. The SMILES string of the molecule is COc1cccc(NC(=S)N2CCN(Cc3cc(C)on3)CC2)c1. The Labute approximate surface area is 147 Å². The number of rotatable bonds is 4. The summed E-state index contributed by atoms with van der Waals surface area (Å²) < 4.78 is 10.4. The van der Waals surface area contributed by atoms with E-state index in [4.69, 9.17) is 21.5 Å². The average Bonchev–Trinajstić information content (AvgIpc) is 3.00. The van der Waals surface area contributed by atoms with Gasteiger partial charge in [0.25, 0.3) is 0 Å². The van der Waals surface area contributed by atoms with Crippen LogP contribution in [0.4, 0.5) is 5.69 Å². The van der Waals surface area contributed by atoms with Gasteiger partial charge in [0.2, 0.25) is 0 Å². The Bertz CT molecular complexity index is 695. The van der Waals surface area contributed by atoms with Crippen molar-refractivity contribution in [2.24, 2.45) is 0 Å². The van der Waals surface area contributed by atoms with Crippen molar-refractivity contribution in [2.45, 2.75) is 13.5 Å². The summed E-state index contributed by atoms with van der Waals surface area (Å²) in [7, 11) is 1.66. The van der Waals surface area contributed by atoms with E-state index < -0.39 is 0 Å². The standard InChI is InChI=1S/C17H22N4O2S/c1-13-10-15(19-23-13)12-20-6-8-21(9-7-20)17(24)18-14-4-3-5-16(11-14)22-2/h3-5,10-11H,6-9,12H2,1-2H3,(H,18,24). The third-order valence-corrected chi connectivity index (χ3v) is 4.40. The Morgan fingerprint density at radius 2 is 2.08 bits per heavy atom. The van der Waals surface area contributed by atoms with Crippen LogP contribution in [-0.2, 0) is 6.54 Å². The minimum Gasteiger partial charge on any atom is -0.497 e. The van der Waals surface area contributed by atoms with E-state index in [1.165, 1.54) is 0 Å². The van der Waals surface area contributed by atoms with E-state index in [0.717, 1.165) is 60.7 Å². The second kappa shape index (κ2) is 7.63. The van der Waals surface area contributed by atoms with Gasteiger partial charge >= 0.3 is 0 Å². The first-order chi connectivity index (χ1) is 11.6. The van der Waals surface area contributed by atoms with Crippen molar-refractivity contribution in [1.29, 1.82) is 0 Å². The lowest BCUT2D eigenvalue weighted by atomic mass is 10.3. The largest absolute Gasteiger partial charge is 0.497 e. The summed E-state index contributed by atoms with van der Waals surface area (Å²) in [6.45, 7) is 6.43. The number of benzene rings is 1. The Kier molecular flexibility index (Phi) is 5.32. The molecule has 0 saturated carbocycles. The molecule has 0 spiro atoms. The minimum absolute atomic E-state index is 0.750. The third-order valence-electron chi connectivity index (χ3n) is 4.04. The molecule has 1 aliphatic heterocycles. The van der Waals surface area contributed by atoms with E-state index in [2.05, 4.69) is 20.3 Å². The topological polar surface area (TPSA) is 53.8 Å². The quantitative estimate of drug-likeness (QED) is 0.854. The van der Waals surface area contributed by atoms with Gasteiger partial charge in [0.05, 0.1) is 12.8 Å². The van der Waals surface area contributed by atoms with Crippen LogP contribution in [-0.4, -0.2) is 53.4 Å². The molecule has 2 heterocycles. The molecule has 3 rings (SSSR count). The molecular formula is C17H22N4O2S. The van der Waals surface area contributed by atoms with Crippen LogP contribution < -0.4 is 10.1 Å². The van der Waals surface area contributed by atoms with Gasteiger partial charge in [-0.3, -0.25) is 4.90 Å². The van der Waals surface area contributed by atoms with E-state index in [9.17, 15) is 0 Å². The maximum atomic E-state index is 5.54. The first-order valence-corrected chi connectivity index (χ1v) is 8.39. The van der Waals surface area contributed by atoms with Crippen LogP contribution in [0.25, 0.3) is 0 Å². The normalized spacial score (nSPS) is 15.3. The van der Waals surface area contributed by atoms with Crippen molar-refractivity contribution in [3.63, 3.8) is 0 Å². The van der Waals surface area contributed by atoms with E-state index in [-0.39, 0.29) is 0 Å². The molecule has 0 unspecified atom stereocenters. The molecule has 24 heavy (non-hydrogen) atoms. The molecule has 1 saturated heterocycles. The molecule has 1 aromatic carbocycles. The molecule has 1 fully saturated rings. The summed E-state index contributed by atoms with van der Waals surface area (Å²) in [6, 6.07) is 9.77. The molecule has 0 atom stereocenters. The number of hydrogen-bond donors (Lipinski definition) is 1. The number of thiocarbonyl (C=S) groups is 1. The number of nitrogens with zero attached hydrogens (tertiary/aromatic N) is 3. The number of anilines is 1. The number of hydrogen-bond acceptors (Lipinski definition) is 5. The van der Waals surface area contributed by atoms with Gasteiger partial charge in [-0.15, -0.1) is 0 Å². The fourth-order valence-corrected chi connectivity index (χ4v) is 3.03. The van der Waals surface area contributed by atoms with Gasteiger partial charge in [-0.25, -0.2) is 0 Å². The zero-order valence-corrected chi connectivity index (χ0v) is 14.8. The van der Waals surface area contributed by atoms with Crippen LogP contribution in [0.5, 0.6) is 5.75 Å². The number of aryl methyl sites for hydroxylation is 1. The Hall–Kier alpha value is -2.12. The zero-order chi connectivity index (χ0) is 16.9. The van der Waals surface area contributed by atoms with Crippen LogP contribution in [0.2, 0.25) is 0 Å². The fourth-order valence-electron chi connectivity index (χ4n) is 2.73. The lowest BCUT2D eigenvalue weighted by Crippen LogP contribution is -2.49. The van der Waals surface area contributed by atoms with Crippen molar-refractivity contribution in [2.75, 3.05) is 38.6 Å². The molecule has 0 bridgehead atoms. The molecule has 0 amide bonds. The molecule has 6 nitrogen and oxygen atoms in total. The molecule has 7 heteroatoms. The molecule has 1 aromatic heterocycles. The Morgan fingerprint density at radius 3 is 2.75 bits per heavy atom. The van der Waals surface area contributed by atoms with Crippen molar-refractivity contribution in [3.05, 3.63) is 41.8 Å². The molecule has 1 aliphatic rings. The first kappa shape index (κ1) is 16.7.